The van der Waals surface area contributed by atoms with Gasteiger partial charge in [-0.15, -0.1) is 0 Å². The van der Waals surface area contributed by atoms with E-state index in [1.54, 1.807) is 6.26 Å². The van der Waals surface area contributed by atoms with Crippen LogP contribution in [0.3, 0.4) is 0 Å². The van der Waals surface area contributed by atoms with Gasteiger partial charge in [0.05, 0.1) is 6.26 Å². The number of hydrogen-bond acceptors (Lipinski definition) is 1. The molecule has 0 bridgehead atoms. The van der Waals surface area contributed by atoms with Crippen molar-refractivity contribution < 1.29 is 4.42 Å². The molecule has 1 heteroatoms. The molecular formula is C10H12O. The molecule has 1 nitrogen and oxygen atoms in total. The largest absolute Gasteiger partial charge is 0.464 e. The average Bonchev–Trinajstić information content (AvgIpc) is 2.37. The highest BCUT2D eigenvalue weighted by Crippen LogP contribution is 1.79. The molecule has 0 aliphatic heterocycles. The van der Waals surface area contributed by atoms with Crippen LogP contribution in [0.2, 0.25) is 0 Å². The molecule has 0 aromatic carbocycles. The summed E-state index contributed by atoms with van der Waals surface area (Å²) in [7, 11) is 0. The van der Waals surface area contributed by atoms with Crippen LogP contribution in [0.25, 0.3) is 12.7 Å². The van der Waals surface area contributed by atoms with Gasteiger partial charge in [-0.05, 0) is 18.6 Å². The lowest BCUT2D eigenvalue weighted by molar-refractivity contribution is 0.531. The molecule has 1 aromatic heterocycles. The van der Waals surface area contributed by atoms with Crippen LogP contribution in [0.4, 0.5) is 0 Å². The topological polar surface area (TPSA) is 13.1 Å². The van der Waals surface area contributed by atoms with Crippen LogP contribution in [0.15, 0.2) is 28.9 Å². The smallest absolute Gasteiger partial charge is 0.133 e. The summed E-state index contributed by atoms with van der Waals surface area (Å²) in [5, 5.41) is 0.936. The van der Waals surface area contributed by atoms with Gasteiger partial charge in [-0.25, -0.2) is 0 Å². The Bertz CT molecular complexity index is 330. The summed E-state index contributed by atoms with van der Waals surface area (Å²) in [5.74, 6) is 0. The van der Waals surface area contributed by atoms with Crippen LogP contribution >= 0.6 is 0 Å². The zero-order valence-corrected chi connectivity index (χ0v) is 6.71. The van der Waals surface area contributed by atoms with Gasteiger partial charge in [0, 0.05) is 5.22 Å². The van der Waals surface area contributed by atoms with Crippen molar-refractivity contribution in [3.8, 4) is 0 Å². The first-order chi connectivity index (χ1) is 5.34. The Morgan fingerprint density at radius 3 is 3.00 bits per heavy atom. The van der Waals surface area contributed by atoms with E-state index in [1.807, 2.05) is 18.2 Å². The minimum atomic E-state index is 0.842. The summed E-state index contributed by atoms with van der Waals surface area (Å²) < 4.78 is 5.14. The van der Waals surface area contributed by atoms with Gasteiger partial charge in [0.15, 0.2) is 0 Å². The van der Waals surface area contributed by atoms with Gasteiger partial charge < -0.3 is 4.42 Å². The molecule has 0 aliphatic carbocycles. The normalized spacial score (nSPS) is 13.0. The van der Waals surface area contributed by atoms with Crippen LogP contribution in [0.5, 0.6) is 0 Å². The van der Waals surface area contributed by atoms with Gasteiger partial charge in [0.2, 0.25) is 0 Å². The second kappa shape index (κ2) is 3.81. The number of furan rings is 1. The second-order valence-electron chi connectivity index (χ2n) is 2.31. The molecule has 0 fully saturated rings. The Hall–Kier alpha value is -1.24. The van der Waals surface area contributed by atoms with Gasteiger partial charge in [0.25, 0.3) is 0 Å². The highest BCUT2D eigenvalue weighted by Gasteiger charge is 1.80. The Morgan fingerprint density at radius 2 is 2.45 bits per heavy atom. The van der Waals surface area contributed by atoms with Gasteiger partial charge in [-0.3, -0.25) is 0 Å². The zero-order valence-electron chi connectivity index (χ0n) is 6.71. The summed E-state index contributed by atoms with van der Waals surface area (Å²) >= 11 is 0. The molecule has 1 rings (SSSR count). The third-order valence-corrected chi connectivity index (χ3v) is 1.40. The van der Waals surface area contributed by atoms with Gasteiger partial charge >= 0.3 is 0 Å². The molecular weight excluding hydrogens is 136 g/mol. The first-order valence-corrected chi connectivity index (χ1v) is 3.74. The number of rotatable bonds is 2. The average molecular weight is 148 g/mol. The fraction of sp³-hybridized carbons (Fsp3) is 0.200. The predicted molar refractivity (Wildman–Crippen MR) is 47.4 cm³/mol. The lowest BCUT2D eigenvalue weighted by Gasteiger charge is -1.74. The molecule has 0 unspecified atom stereocenters. The highest BCUT2D eigenvalue weighted by molar-refractivity contribution is 5.33. The van der Waals surface area contributed by atoms with Crippen molar-refractivity contribution in [1.82, 2.24) is 0 Å². The number of hydrogen-bond donors (Lipinski definition) is 0. The molecule has 0 saturated heterocycles. The van der Waals surface area contributed by atoms with Crippen molar-refractivity contribution in [3.63, 3.8) is 0 Å². The van der Waals surface area contributed by atoms with Crippen molar-refractivity contribution in [2.24, 2.45) is 0 Å². The van der Waals surface area contributed by atoms with E-state index < -0.39 is 0 Å². The van der Waals surface area contributed by atoms with Gasteiger partial charge in [0.1, 0.15) is 5.42 Å². The maximum atomic E-state index is 5.14. The third-order valence-electron chi connectivity index (χ3n) is 1.40. The molecule has 0 saturated carbocycles. The van der Waals surface area contributed by atoms with E-state index in [2.05, 4.69) is 19.6 Å². The molecule has 0 spiro atoms. The monoisotopic (exact) mass is 148 g/mol. The summed E-state index contributed by atoms with van der Waals surface area (Å²) in [6.45, 7) is 5.90. The van der Waals surface area contributed by atoms with Crippen molar-refractivity contribution in [1.29, 1.82) is 0 Å². The van der Waals surface area contributed by atoms with Crippen LogP contribution in [-0.4, -0.2) is 0 Å². The zero-order chi connectivity index (χ0) is 8.10. The summed E-state index contributed by atoms with van der Waals surface area (Å²) in [6.07, 6.45) is 8.67. The molecule has 58 valence electrons. The molecule has 1 heterocycles. The SMILES string of the molecule is C=c1ccoc1=CC=CCC. The van der Waals surface area contributed by atoms with Crippen molar-refractivity contribution in [3.05, 3.63) is 35.1 Å². The standard InChI is InChI=1S/C10H12O/c1-3-4-5-6-10-9(2)7-8-11-10/h4-8H,2-3H2,1H3. The minimum absolute atomic E-state index is 0.842. The van der Waals surface area contributed by atoms with Gasteiger partial charge in [-0.2, -0.15) is 0 Å². The first kappa shape index (κ1) is 7.86. The molecule has 0 amide bonds. The summed E-state index contributed by atoms with van der Waals surface area (Å²) in [6, 6.07) is 1.85. The third kappa shape index (κ3) is 2.11. The van der Waals surface area contributed by atoms with E-state index in [9.17, 15) is 0 Å². The van der Waals surface area contributed by atoms with E-state index in [-0.39, 0.29) is 0 Å². The molecule has 11 heavy (non-hydrogen) atoms. The van der Waals surface area contributed by atoms with E-state index in [4.69, 9.17) is 4.42 Å². The lowest BCUT2D eigenvalue weighted by atomic mass is 10.4. The van der Waals surface area contributed by atoms with Crippen LogP contribution < -0.4 is 10.6 Å². The minimum Gasteiger partial charge on any atom is -0.464 e. The predicted octanol–water partition coefficient (Wildman–Crippen LogP) is 1.44. The summed E-state index contributed by atoms with van der Waals surface area (Å²) in [4.78, 5) is 0. The second-order valence-corrected chi connectivity index (χ2v) is 2.31. The van der Waals surface area contributed by atoms with E-state index >= 15 is 0 Å². The van der Waals surface area contributed by atoms with E-state index in [0.29, 0.717) is 0 Å². The molecule has 0 radical (unpaired) electrons. The fourth-order valence-corrected chi connectivity index (χ4v) is 0.785. The maximum Gasteiger partial charge on any atom is 0.133 e. The Labute approximate surface area is 66.3 Å². The molecule has 0 N–H and O–H groups in total. The maximum absolute atomic E-state index is 5.14. The van der Waals surface area contributed by atoms with E-state index in [0.717, 1.165) is 17.1 Å². The lowest BCUT2D eigenvalue weighted by Crippen LogP contribution is -2.16. The molecule has 1 aromatic rings. The highest BCUT2D eigenvalue weighted by atomic mass is 16.3. The van der Waals surface area contributed by atoms with Crippen molar-refractivity contribution >= 4 is 12.7 Å². The summed E-state index contributed by atoms with van der Waals surface area (Å²) in [5.41, 5.74) is 0.842. The van der Waals surface area contributed by atoms with Crippen LogP contribution in [-0.2, 0) is 0 Å². The quantitative estimate of drug-likeness (QED) is 0.618. The van der Waals surface area contributed by atoms with Crippen molar-refractivity contribution in [2.75, 3.05) is 0 Å². The Kier molecular flexibility index (Phi) is 2.73. The van der Waals surface area contributed by atoms with Gasteiger partial charge in [-0.1, -0.05) is 25.7 Å². The Balaban J connectivity index is 2.92. The Morgan fingerprint density at radius 1 is 1.64 bits per heavy atom. The van der Waals surface area contributed by atoms with E-state index in [1.165, 1.54) is 0 Å². The molecule has 0 atom stereocenters. The first-order valence-electron chi connectivity index (χ1n) is 3.74. The van der Waals surface area contributed by atoms with Crippen LogP contribution in [0, 0.1) is 0 Å². The molecule has 0 aliphatic rings. The van der Waals surface area contributed by atoms with Crippen molar-refractivity contribution in [2.45, 2.75) is 13.3 Å². The van der Waals surface area contributed by atoms with Crippen LogP contribution in [0.1, 0.15) is 13.3 Å². The number of allylic oxidation sites excluding steroid dienone is 2. The fourth-order valence-electron chi connectivity index (χ4n) is 0.785.